The number of aliphatic hydroxyl groups is 1. The van der Waals surface area contributed by atoms with Crippen LogP contribution in [-0.4, -0.2) is 115 Å². The number of likely N-dealkylation sites (tertiary alicyclic amines) is 1. The van der Waals surface area contributed by atoms with Crippen LogP contribution in [-0.2, 0) is 52.7 Å². The molecule has 224 valence electrons. The highest BCUT2D eigenvalue weighted by molar-refractivity contribution is 6.01. The minimum absolute atomic E-state index is 0.0253. The molecule has 3 aliphatic rings. The van der Waals surface area contributed by atoms with E-state index in [1.165, 1.54) is 0 Å². The van der Waals surface area contributed by atoms with Crippen molar-refractivity contribution in [2.24, 2.45) is 5.41 Å². The van der Waals surface area contributed by atoms with Gasteiger partial charge in [-0.25, -0.2) is 9.63 Å². The highest BCUT2D eigenvalue weighted by Crippen LogP contribution is 2.41. The van der Waals surface area contributed by atoms with E-state index in [-0.39, 0.29) is 83.4 Å². The first kappa shape index (κ1) is 31.5. The first-order valence-corrected chi connectivity index (χ1v) is 13.3. The predicted octanol–water partition coefficient (Wildman–Crippen LogP) is -0.549. The third-order valence-corrected chi connectivity index (χ3v) is 7.00. The van der Waals surface area contributed by atoms with Crippen LogP contribution in [0.4, 0.5) is 0 Å². The molecule has 40 heavy (non-hydrogen) atoms. The number of amides is 5. The fourth-order valence-electron chi connectivity index (χ4n) is 4.77. The molecular weight excluding hydrogens is 534 g/mol. The van der Waals surface area contributed by atoms with Gasteiger partial charge in [0.05, 0.1) is 45.9 Å². The van der Waals surface area contributed by atoms with Crippen LogP contribution >= 0.6 is 0 Å². The normalized spacial score (nSPS) is 20.0. The van der Waals surface area contributed by atoms with E-state index >= 15 is 0 Å². The molecule has 0 spiro atoms. The third kappa shape index (κ3) is 9.02. The first-order valence-electron chi connectivity index (χ1n) is 13.3. The number of nitrogens with zero attached hydrogens (tertiary/aromatic N) is 3. The maximum atomic E-state index is 12.8. The number of aliphatic hydroxyl groups excluding tert-OH is 1. The summed E-state index contributed by atoms with van der Waals surface area (Å²) >= 11 is 0. The van der Waals surface area contributed by atoms with Gasteiger partial charge in [-0.3, -0.25) is 24.0 Å². The maximum absolute atomic E-state index is 12.8. The Balaban J connectivity index is 1.54. The zero-order valence-corrected chi connectivity index (χ0v) is 22.7. The van der Waals surface area contributed by atoms with Gasteiger partial charge >= 0.3 is 5.97 Å². The number of rotatable bonds is 16. The highest BCUT2D eigenvalue weighted by atomic mass is 16.8. The minimum Gasteiger partial charge on any atom is -0.382 e. The summed E-state index contributed by atoms with van der Waals surface area (Å²) in [5.41, 5.74) is -0.957. The molecule has 0 saturated carbocycles. The average Bonchev–Trinajstić information content (AvgIpc) is 3.40. The Morgan fingerprint density at radius 1 is 0.825 bits per heavy atom. The standard InChI is InChI=1S/C25H37N3O12/c1-36-12-13-38-15-14-37-11-6-18(29)26-9-7-25(8-10-26,16-23(34)39-27-19(30)2-3-20(27)31)17-24(35)40-28-21(32)4-5-22(28)33/h23,34H,2-17H2,1H3. The summed E-state index contributed by atoms with van der Waals surface area (Å²) in [6.07, 6.45) is -1.54. The van der Waals surface area contributed by atoms with E-state index in [2.05, 4.69) is 0 Å². The zero-order chi connectivity index (χ0) is 29.1. The van der Waals surface area contributed by atoms with E-state index in [9.17, 15) is 33.9 Å². The van der Waals surface area contributed by atoms with Crippen molar-refractivity contribution < 1.29 is 57.8 Å². The molecule has 0 aromatic heterocycles. The van der Waals surface area contributed by atoms with Gasteiger partial charge in [0.2, 0.25) is 5.91 Å². The van der Waals surface area contributed by atoms with Gasteiger partial charge in [0.1, 0.15) is 0 Å². The van der Waals surface area contributed by atoms with E-state index < -0.39 is 41.3 Å². The second kappa shape index (κ2) is 15.1. The SMILES string of the molecule is COCCOCCOCCC(=O)N1CCC(CC(=O)ON2C(=O)CCC2=O)(CC(O)ON2C(=O)CCC2=O)CC1. The van der Waals surface area contributed by atoms with Crippen molar-refractivity contribution in [2.45, 2.75) is 64.1 Å². The van der Waals surface area contributed by atoms with Crippen molar-refractivity contribution in [1.29, 1.82) is 0 Å². The lowest BCUT2D eigenvalue weighted by Crippen LogP contribution is -2.47. The number of ether oxygens (including phenoxy) is 3. The van der Waals surface area contributed by atoms with Crippen molar-refractivity contribution in [3.63, 3.8) is 0 Å². The Labute approximate surface area is 231 Å². The molecule has 1 atom stereocenters. The third-order valence-electron chi connectivity index (χ3n) is 7.00. The molecule has 3 rings (SSSR count). The van der Waals surface area contributed by atoms with Crippen LogP contribution < -0.4 is 0 Å². The van der Waals surface area contributed by atoms with E-state index in [4.69, 9.17) is 23.9 Å². The van der Waals surface area contributed by atoms with Crippen LogP contribution in [0.1, 0.15) is 57.8 Å². The summed E-state index contributed by atoms with van der Waals surface area (Å²) in [5, 5.41) is 11.6. The van der Waals surface area contributed by atoms with Crippen molar-refractivity contribution in [2.75, 3.05) is 53.2 Å². The summed E-state index contributed by atoms with van der Waals surface area (Å²) in [6, 6.07) is 0. The molecule has 3 saturated heterocycles. The molecule has 3 fully saturated rings. The van der Waals surface area contributed by atoms with Gasteiger partial charge < -0.3 is 29.1 Å². The molecule has 0 aromatic rings. The second-order valence-corrected chi connectivity index (χ2v) is 9.92. The molecule has 0 bridgehead atoms. The largest absolute Gasteiger partial charge is 0.382 e. The van der Waals surface area contributed by atoms with Crippen LogP contribution in [0.2, 0.25) is 0 Å². The number of imide groups is 2. The van der Waals surface area contributed by atoms with Gasteiger partial charge in [0, 0.05) is 52.3 Å². The Hall–Kier alpha value is -2.98. The van der Waals surface area contributed by atoms with Crippen LogP contribution in [0, 0.1) is 5.41 Å². The highest BCUT2D eigenvalue weighted by Gasteiger charge is 2.43. The van der Waals surface area contributed by atoms with Crippen molar-refractivity contribution in [1.82, 2.24) is 15.0 Å². The van der Waals surface area contributed by atoms with Crippen LogP contribution in [0.5, 0.6) is 0 Å². The molecule has 15 nitrogen and oxygen atoms in total. The summed E-state index contributed by atoms with van der Waals surface area (Å²) in [5.74, 6) is -3.39. The summed E-state index contributed by atoms with van der Waals surface area (Å²) in [7, 11) is 1.58. The Morgan fingerprint density at radius 2 is 1.35 bits per heavy atom. The maximum Gasteiger partial charge on any atom is 0.333 e. The summed E-state index contributed by atoms with van der Waals surface area (Å²) in [4.78, 5) is 84.8. The monoisotopic (exact) mass is 571 g/mol. The number of methoxy groups -OCH3 is 1. The fourth-order valence-corrected chi connectivity index (χ4v) is 4.77. The topological polar surface area (TPSA) is 179 Å². The Kier molecular flexibility index (Phi) is 11.9. The number of hydroxylamine groups is 4. The number of carbonyl (C=O) groups excluding carboxylic acids is 6. The minimum atomic E-state index is -1.60. The lowest BCUT2D eigenvalue weighted by atomic mass is 9.73. The fraction of sp³-hybridized carbons (Fsp3) is 0.760. The van der Waals surface area contributed by atoms with Gasteiger partial charge in [-0.15, -0.1) is 5.06 Å². The molecule has 3 aliphatic heterocycles. The van der Waals surface area contributed by atoms with Gasteiger partial charge in [-0.05, 0) is 18.3 Å². The lowest BCUT2D eigenvalue weighted by Gasteiger charge is -2.42. The van der Waals surface area contributed by atoms with Crippen LogP contribution in [0.25, 0.3) is 0 Å². The molecule has 1 N–H and O–H groups in total. The number of hydrogen-bond acceptors (Lipinski definition) is 12. The van der Waals surface area contributed by atoms with E-state index in [0.29, 0.717) is 36.6 Å². The van der Waals surface area contributed by atoms with E-state index in [1.807, 2.05) is 0 Å². The van der Waals surface area contributed by atoms with Crippen molar-refractivity contribution in [3.8, 4) is 0 Å². The quantitative estimate of drug-likeness (QED) is 0.142. The molecular formula is C25H37N3O12. The molecule has 1 unspecified atom stereocenters. The summed E-state index contributed by atoms with van der Waals surface area (Å²) in [6.45, 7) is 2.38. The van der Waals surface area contributed by atoms with Crippen LogP contribution in [0.3, 0.4) is 0 Å². The molecule has 5 amide bonds. The Bertz CT molecular complexity index is 917. The molecule has 3 heterocycles. The average molecular weight is 572 g/mol. The molecule has 0 aromatic carbocycles. The number of piperidine rings is 1. The molecule has 15 heteroatoms. The Morgan fingerprint density at radius 3 is 1.93 bits per heavy atom. The predicted molar refractivity (Wildman–Crippen MR) is 131 cm³/mol. The second-order valence-electron chi connectivity index (χ2n) is 9.92. The van der Waals surface area contributed by atoms with E-state index in [0.717, 1.165) is 0 Å². The van der Waals surface area contributed by atoms with Gasteiger partial charge in [-0.1, -0.05) is 0 Å². The lowest BCUT2D eigenvalue weighted by molar-refractivity contribution is -0.254. The van der Waals surface area contributed by atoms with Gasteiger partial charge in [-0.2, -0.15) is 5.06 Å². The van der Waals surface area contributed by atoms with E-state index in [1.54, 1.807) is 12.0 Å². The first-order chi connectivity index (χ1) is 19.1. The summed E-state index contributed by atoms with van der Waals surface area (Å²) < 4.78 is 15.6. The van der Waals surface area contributed by atoms with Crippen LogP contribution in [0.15, 0.2) is 0 Å². The number of hydrogen-bond donors (Lipinski definition) is 1. The molecule has 0 radical (unpaired) electrons. The number of carbonyl (C=O) groups is 6. The van der Waals surface area contributed by atoms with Gasteiger partial charge in [0.25, 0.3) is 23.6 Å². The molecule has 0 aliphatic carbocycles. The zero-order valence-electron chi connectivity index (χ0n) is 22.7. The van der Waals surface area contributed by atoms with Crippen molar-refractivity contribution >= 4 is 35.5 Å². The van der Waals surface area contributed by atoms with Crippen molar-refractivity contribution in [3.05, 3.63) is 0 Å². The smallest absolute Gasteiger partial charge is 0.333 e. The van der Waals surface area contributed by atoms with Gasteiger partial charge in [0.15, 0.2) is 6.29 Å².